The summed E-state index contributed by atoms with van der Waals surface area (Å²) in [6, 6.07) is 7.35. The minimum absolute atomic E-state index is 0.0387. The number of nitrogens with zero attached hydrogens (tertiary/aromatic N) is 2. The molecule has 122 valence electrons. The van der Waals surface area contributed by atoms with Crippen LogP contribution in [0.25, 0.3) is 5.69 Å². The second-order valence-electron chi connectivity index (χ2n) is 6.16. The first-order valence-electron chi connectivity index (χ1n) is 7.79. The van der Waals surface area contributed by atoms with Crippen LogP contribution in [0.5, 0.6) is 0 Å². The van der Waals surface area contributed by atoms with Crippen LogP contribution in [0.15, 0.2) is 30.5 Å². The van der Waals surface area contributed by atoms with Crippen LogP contribution in [0.3, 0.4) is 0 Å². The van der Waals surface area contributed by atoms with E-state index in [1.165, 1.54) is 0 Å². The SMILES string of the molecule is Cc1cn(-c2ccccc2Cl)nc1C(=O)NC1(CO)CCCC1. The van der Waals surface area contributed by atoms with Crippen molar-refractivity contribution in [1.82, 2.24) is 15.1 Å². The lowest BCUT2D eigenvalue weighted by molar-refractivity contribution is 0.0832. The Labute approximate surface area is 140 Å². The van der Waals surface area contributed by atoms with E-state index in [9.17, 15) is 9.90 Å². The summed E-state index contributed by atoms with van der Waals surface area (Å²) in [6.45, 7) is 1.80. The normalized spacial score (nSPS) is 16.5. The molecule has 5 nitrogen and oxygen atoms in total. The Morgan fingerprint density at radius 2 is 2.09 bits per heavy atom. The molecule has 1 amide bonds. The topological polar surface area (TPSA) is 67.2 Å². The molecular weight excluding hydrogens is 314 g/mol. The zero-order valence-corrected chi connectivity index (χ0v) is 13.8. The second kappa shape index (κ2) is 6.34. The number of aliphatic hydroxyl groups is 1. The van der Waals surface area contributed by atoms with E-state index in [1.807, 2.05) is 25.1 Å². The molecule has 1 aliphatic carbocycles. The molecule has 23 heavy (non-hydrogen) atoms. The summed E-state index contributed by atoms with van der Waals surface area (Å²) in [5, 5.41) is 17.6. The fraction of sp³-hybridized carbons (Fsp3) is 0.412. The molecule has 1 aliphatic rings. The molecule has 0 bridgehead atoms. The van der Waals surface area contributed by atoms with Gasteiger partial charge in [0, 0.05) is 11.8 Å². The van der Waals surface area contributed by atoms with Crippen LogP contribution in [-0.4, -0.2) is 32.9 Å². The zero-order chi connectivity index (χ0) is 16.4. The van der Waals surface area contributed by atoms with Gasteiger partial charge in [-0.25, -0.2) is 4.68 Å². The summed E-state index contributed by atoms with van der Waals surface area (Å²) in [4.78, 5) is 12.6. The Morgan fingerprint density at radius 3 is 2.74 bits per heavy atom. The first-order valence-corrected chi connectivity index (χ1v) is 8.17. The third kappa shape index (κ3) is 3.12. The number of rotatable bonds is 4. The molecular formula is C17H20ClN3O2. The number of aromatic nitrogens is 2. The van der Waals surface area contributed by atoms with Gasteiger partial charge in [-0.05, 0) is 31.9 Å². The van der Waals surface area contributed by atoms with Crippen LogP contribution in [0, 0.1) is 6.92 Å². The highest BCUT2D eigenvalue weighted by Crippen LogP contribution is 2.29. The van der Waals surface area contributed by atoms with Crippen LogP contribution >= 0.6 is 11.6 Å². The summed E-state index contributed by atoms with van der Waals surface area (Å²) < 4.78 is 1.62. The van der Waals surface area contributed by atoms with Crippen LogP contribution in [-0.2, 0) is 0 Å². The molecule has 0 atom stereocenters. The maximum atomic E-state index is 12.6. The van der Waals surface area contributed by atoms with Crippen molar-refractivity contribution in [3.05, 3.63) is 46.7 Å². The maximum absolute atomic E-state index is 12.6. The highest BCUT2D eigenvalue weighted by molar-refractivity contribution is 6.32. The Hall–Kier alpha value is -1.85. The van der Waals surface area contributed by atoms with Crippen molar-refractivity contribution in [1.29, 1.82) is 0 Å². The van der Waals surface area contributed by atoms with Gasteiger partial charge in [-0.2, -0.15) is 5.10 Å². The molecule has 0 radical (unpaired) electrons. The quantitative estimate of drug-likeness (QED) is 0.904. The van der Waals surface area contributed by atoms with Crippen molar-refractivity contribution in [2.24, 2.45) is 0 Å². The van der Waals surface area contributed by atoms with Crippen LogP contribution < -0.4 is 5.32 Å². The second-order valence-corrected chi connectivity index (χ2v) is 6.56. The maximum Gasteiger partial charge on any atom is 0.272 e. The van der Waals surface area contributed by atoms with Gasteiger partial charge in [0.15, 0.2) is 5.69 Å². The summed E-state index contributed by atoms with van der Waals surface area (Å²) in [7, 11) is 0. The molecule has 1 saturated carbocycles. The molecule has 2 aromatic rings. The molecule has 2 N–H and O–H groups in total. The number of hydrogen-bond acceptors (Lipinski definition) is 3. The lowest BCUT2D eigenvalue weighted by atomic mass is 9.98. The number of hydrogen-bond donors (Lipinski definition) is 2. The van der Waals surface area contributed by atoms with Gasteiger partial charge in [0.2, 0.25) is 0 Å². The van der Waals surface area contributed by atoms with Gasteiger partial charge in [0.05, 0.1) is 22.9 Å². The van der Waals surface area contributed by atoms with Gasteiger partial charge in [0.1, 0.15) is 0 Å². The first kappa shape index (κ1) is 16.0. The van der Waals surface area contributed by atoms with Gasteiger partial charge < -0.3 is 10.4 Å². The Morgan fingerprint density at radius 1 is 1.39 bits per heavy atom. The van der Waals surface area contributed by atoms with E-state index >= 15 is 0 Å². The van der Waals surface area contributed by atoms with E-state index in [0.29, 0.717) is 10.7 Å². The first-order chi connectivity index (χ1) is 11.0. The minimum atomic E-state index is -0.502. The lowest BCUT2D eigenvalue weighted by Crippen LogP contribution is -2.49. The van der Waals surface area contributed by atoms with Gasteiger partial charge >= 0.3 is 0 Å². The Balaban J connectivity index is 1.86. The largest absolute Gasteiger partial charge is 0.394 e. The van der Waals surface area contributed by atoms with Crippen molar-refractivity contribution in [2.45, 2.75) is 38.1 Å². The number of amides is 1. The lowest BCUT2D eigenvalue weighted by Gasteiger charge is -2.27. The number of nitrogens with one attached hydrogen (secondary N) is 1. The van der Waals surface area contributed by atoms with E-state index in [1.54, 1.807) is 16.9 Å². The fourth-order valence-corrected chi connectivity index (χ4v) is 3.34. The smallest absolute Gasteiger partial charge is 0.272 e. The van der Waals surface area contributed by atoms with Crippen LogP contribution in [0.4, 0.5) is 0 Å². The molecule has 0 aliphatic heterocycles. The molecule has 0 unspecified atom stereocenters. The van der Waals surface area contributed by atoms with Crippen LogP contribution in [0.1, 0.15) is 41.7 Å². The molecule has 0 saturated heterocycles. The number of benzene rings is 1. The van der Waals surface area contributed by atoms with Crippen molar-refractivity contribution in [3.63, 3.8) is 0 Å². The van der Waals surface area contributed by atoms with Crippen molar-refractivity contribution in [2.75, 3.05) is 6.61 Å². The molecule has 1 aromatic heterocycles. The molecule has 3 rings (SSSR count). The fourth-order valence-electron chi connectivity index (χ4n) is 3.12. The predicted molar refractivity (Wildman–Crippen MR) is 89.1 cm³/mol. The highest BCUT2D eigenvalue weighted by Gasteiger charge is 2.35. The molecule has 1 fully saturated rings. The third-order valence-electron chi connectivity index (χ3n) is 4.45. The average molecular weight is 334 g/mol. The zero-order valence-electron chi connectivity index (χ0n) is 13.1. The summed E-state index contributed by atoms with van der Waals surface area (Å²) in [6.07, 6.45) is 5.44. The van der Waals surface area contributed by atoms with Gasteiger partial charge in [-0.1, -0.05) is 36.6 Å². The molecule has 0 spiro atoms. The van der Waals surface area contributed by atoms with E-state index in [4.69, 9.17) is 11.6 Å². The average Bonchev–Trinajstić information content (AvgIpc) is 3.15. The molecule has 1 aromatic carbocycles. The van der Waals surface area contributed by atoms with Gasteiger partial charge in [0.25, 0.3) is 5.91 Å². The molecule has 1 heterocycles. The summed E-state index contributed by atoms with van der Waals surface area (Å²) >= 11 is 6.19. The van der Waals surface area contributed by atoms with Crippen LogP contribution in [0.2, 0.25) is 5.02 Å². The number of aryl methyl sites for hydroxylation is 1. The van der Waals surface area contributed by atoms with E-state index in [2.05, 4.69) is 10.4 Å². The van der Waals surface area contributed by atoms with Crippen molar-refractivity contribution >= 4 is 17.5 Å². The van der Waals surface area contributed by atoms with E-state index in [-0.39, 0.29) is 12.5 Å². The molecule has 6 heteroatoms. The highest BCUT2D eigenvalue weighted by atomic mass is 35.5. The standard InChI is InChI=1S/C17H20ClN3O2/c1-12-10-21(14-7-3-2-6-13(14)18)20-15(12)16(23)19-17(11-22)8-4-5-9-17/h2-3,6-7,10,22H,4-5,8-9,11H2,1H3,(H,19,23). The number of carbonyl (C=O) groups excluding carboxylic acids is 1. The number of carbonyl (C=O) groups is 1. The monoisotopic (exact) mass is 333 g/mol. The minimum Gasteiger partial charge on any atom is -0.394 e. The van der Waals surface area contributed by atoms with E-state index in [0.717, 1.165) is 36.9 Å². The Kier molecular flexibility index (Phi) is 4.41. The van der Waals surface area contributed by atoms with Gasteiger partial charge in [-0.15, -0.1) is 0 Å². The predicted octanol–water partition coefficient (Wildman–Crippen LogP) is 2.87. The Bertz CT molecular complexity index is 720. The van der Waals surface area contributed by atoms with Crippen molar-refractivity contribution < 1.29 is 9.90 Å². The summed E-state index contributed by atoms with van der Waals surface area (Å²) in [5.74, 6) is -0.246. The number of aliphatic hydroxyl groups excluding tert-OH is 1. The van der Waals surface area contributed by atoms with Crippen molar-refractivity contribution in [3.8, 4) is 5.69 Å². The third-order valence-corrected chi connectivity index (χ3v) is 4.77. The summed E-state index contributed by atoms with van der Waals surface area (Å²) in [5.41, 5.74) is 1.37. The van der Waals surface area contributed by atoms with Gasteiger partial charge in [-0.3, -0.25) is 4.79 Å². The number of para-hydroxylation sites is 1. The van der Waals surface area contributed by atoms with E-state index < -0.39 is 5.54 Å². The number of halogens is 1.